The molecule has 1 amide bonds. The molecule has 5 nitrogen and oxygen atoms in total. The zero-order valence-electron chi connectivity index (χ0n) is 7.97. The Morgan fingerprint density at radius 1 is 1.79 bits per heavy atom. The standard InChI is InChI=1S/C8H12BrN3O2/c1-8(2,14)3-6(13)11-5-4-10-12-7(5)9/h4,14H,3H2,1-2H3,(H,10,12)(H,11,13). The van der Waals surface area contributed by atoms with Crippen LogP contribution in [0.3, 0.4) is 0 Å². The molecule has 14 heavy (non-hydrogen) atoms. The first-order valence-electron chi connectivity index (χ1n) is 4.09. The summed E-state index contributed by atoms with van der Waals surface area (Å²) in [6, 6.07) is 0. The number of aliphatic hydroxyl groups is 1. The molecule has 0 aliphatic heterocycles. The Balaban J connectivity index is 2.54. The van der Waals surface area contributed by atoms with Crippen molar-refractivity contribution in [3.05, 3.63) is 10.8 Å². The second-order valence-corrected chi connectivity index (χ2v) is 4.43. The number of carbonyl (C=O) groups is 1. The number of nitrogens with zero attached hydrogens (tertiary/aromatic N) is 1. The molecule has 3 N–H and O–H groups in total. The molecule has 0 saturated carbocycles. The van der Waals surface area contributed by atoms with Crippen molar-refractivity contribution in [2.45, 2.75) is 25.9 Å². The van der Waals surface area contributed by atoms with Crippen LogP contribution in [0.2, 0.25) is 0 Å². The monoisotopic (exact) mass is 261 g/mol. The molecular weight excluding hydrogens is 250 g/mol. The van der Waals surface area contributed by atoms with Gasteiger partial charge in [-0.15, -0.1) is 0 Å². The molecule has 0 aliphatic rings. The summed E-state index contributed by atoms with van der Waals surface area (Å²) >= 11 is 3.18. The van der Waals surface area contributed by atoms with Gasteiger partial charge in [-0.05, 0) is 29.8 Å². The van der Waals surface area contributed by atoms with Gasteiger partial charge in [0.15, 0.2) is 0 Å². The van der Waals surface area contributed by atoms with Gasteiger partial charge >= 0.3 is 0 Å². The fourth-order valence-corrected chi connectivity index (χ4v) is 1.25. The topological polar surface area (TPSA) is 78.0 Å². The largest absolute Gasteiger partial charge is 0.390 e. The smallest absolute Gasteiger partial charge is 0.227 e. The van der Waals surface area contributed by atoms with Gasteiger partial charge in [0, 0.05) is 0 Å². The van der Waals surface area contributed by atoms with Crippen LogP contribution >= 0.6 is 15.9 Å². The SMILES string of the molecule is CC(C)(O)CC(=O)Nc1cn[nH]c1Br. The lowest BCUT2D eigenvalue weighted by Crippen LogP contribution is -2.27. The predicted molar refractivity (Wildman–Crippen MR) is 55.8 cm³/mol. The third-order valence-corrected chi connectivity index (χ3v) is 2.06. The summed E-state index contributed by atoms with van der Waals surface area (Å²) in [6.45, 7) is 3.16. The lowest BCUT2D eigenvalue weighted by molar-refractivity contribution is -0.119. The molecule has 0 saturated heterocycles. The minimum absolute atomic E-state index is 0.0462. The number of aromatic amines is 1. The van der Waals surface area contributed by atoms with E-state index in [2.05, 4.69) is 31.4 Å². The van der Waals surface area contributed by atoms with Gasteiger partial charge in [0.2, 0.25) is 5.91 Å². The van der Waals surface area contributed by atoms with Crippen LogP contribution in [0.5, 0.6) is 0 Å². The minimum atomic E-state index is -1.000. The first-order valence-corrected chi connectivity index (χ1v) is 4.89. The lowest BCUT2D eigenvalue weighted by Gasteiger charge is -2.15. The molecule has 0 aliphatic carbocycles. The van der Waals surface area contributed by atoms with E-state index in [0.717, 1.165) is 0 Å². The van der Waals surface area contributed by atoms with Gasteiger partial charge in [-0.1, -0.05) is 0 Å². The average Bonchev–Trinajstić information content (AvgIpc) is 2.32. The summed E-state index contributed by atoms with van der Waals surface area (Å²) in [6.07, 6.45) is 1.54. The number of rotatable bonds is 3. The van der Waals surface area contributed by atoms with Crippen molar-refractivity contribution in [3.63, 3.8) is 0 Å². The van der Waals surface area contributed by atoms with E-state index in [1.807, 2.05) is 0 Å². The van der Waals surface area contributed by atoms with Crippen LogP contribution in [0.1, 0.15) is 20.3 Å². The molecule has 0 unspecified atom stereocenters. The van der Waals surface area contributed by atoms with E-state index in [-0.39, 0.29) is 12.3 Å². The van der Waals surface area contributed by atoms with Gasteiger partial charge in [0.25, 0.3) is 0 Å². The van der Waals surface area contributed by atoms with Crippen molar-refractivity contribution >= 4 is 27.5 Å². The van der Waals surface area contributed by atoms with Gasteiger partial charge in [0.05, 0.1) is 23.9 Å². The fourth-order valence-electron chi connectivity index (χ4n) is 0.945. The van der Waals surface area contributed by atoms with Crippen LogP contribution in [0.4, 0.5) is 5.69 Å². The summed E-state index contributed by atoms with van der Waals surface area (Å²) in [5.41, 5.74) is -0.431. The van der Waals surface area contributed by atoms with Crippen molar-refractivity contribution < 1.29 is 9.90 Å². The van der Waals surface area contributed by atoms with Crippen LogP contribution in [-0.4, -0.2) is 26.8 Å². The number of hydrogen-bond acceptors (Lipinski definition) is 3. The first kappa shape index (κ1) is 11.2. The second-order valence-electron chi connectivity index (χ2n) is 3.64. The summed E-state index contributed by atoms with van der Waals surface area (Å²) in [5.74, 6) is -0.250. The van der Waals surface area contributed by atoms with E-state index in [1.165, 1.54) is 6.20 Å². The van der Waals surface area contributed by atoms with Crippen molar-refractivity contribution in [1.29, 1.82) is 0 Å². The average molecular weight is 262 g/mol. The highest BCUT2D eigenvalue weighted by molar-refractivity contribution is 9.10. The van der Waals surface area contributed by atoms with Gasteiger partial charge in [-0.2, -0.15) is 5.10 Å². The Hall–Kier alpha value is -0.880. The molecule has 1 heterocycles. The number of carbonyl (C=O) groups excluding carboxylic acids is 1. The summed E-state index contributed by atoms with van der Waals surface area (Å²) in [5, 5.41) is 18.3. The van der Waals surface area contributed by atoms with Crippen LogP contribution in [0.15, 0.2) is 10.8 Å². The third kappa shape index (κ3) is 3.47. The predicted octanol–water partition coefficient (Wildman–Crippen LogP) is 1.27. The van der Waals surface area contributed by atoms with E-state index in [1.54, 1.807) is 13.8 Å². The van der Waals surface area contributed by atoms with Crippen LogP contribution in [-0.2, 0) is 4.79 Å². The van der Waals surface area contributed by atoms with E-state index in [4.69, 9.17) is 0 Å². The van der Waals surface area contributed by atoms with Crippen molar-refractivity contribution in [2.24, 2.45) is 0 Å². The molecule has 0 bridgehead atoms. The molecule has 78 valence electrons. The Labute approximate surface area is 90.0 Å². The van der Waals surface area contributed by atoms with E-state index in [9.17, 15) is 9.90 Å². The van der Waals surface area contributed by atoms with Gasteiger partial charge in [-0.3, -0.25) is 9.89 Å². The number of nitrogens with one attached hydrogen (secondary N) is 2. The number of anilines is 1. The molecule has 0 aromatic carbocycles. The molecule has 0 fully saturated rings. The fraction of sp³-hybridized carbons (Fsp3) is 0.500. The molecule has 1 rings (SSSR count). The maximum absolute atomic E-state index is 11.3. The molecular formula is C8H12BrN3O2. The molecule has 6 heteroatoms. The summed E-state index contributed by atoms with van der Waals surface area (Å²) < 4.78 is 0.613. The highest BCUT2D eigenvalue weighted by Gasteiger charge is 2.18. The lowest BCUT2D eigenvalue weighted by atomic mass is 10.1. The summed E-state index contributed by atoms with van der Waals surface area (Å²) in [7, 11) is 0. The van der Waals surface area contributed by atoms with Crippen LogP contribution in [0.25, 0.3) is 0 Å². The maximum atomic E-state index is 11.3. The number of halogens is 1. The molecule has 0 radical (unpaired) electrons. The second kappa shape index (κ2) is 4.10. The van der Waals surface area contributed by atoms with E-state index in [0.29, 0.717) is 10.3 Å². The number of H-pyrrole nitrogens is 1. The summed E-state index contributed by atoms with van der Waals surface area (Å²) in [4.78, 5) is 11.3. The van der Waals surface area contributed by atoms with Crippen molar-refractivity contribution in [2.75, 3.05) is 5.32 Å². The highest BCUT2D eigenvalue weighted by atomic mass is 79.9. The molecule has 1 aromatic rings. The van der Waals surface area contributed by atoms with Crippen LogP contribution < -0.4 is 5.32 Å². The third-order valence-electron chi connectivity index (χ3n) is 1.46. The normalized spacial score (nSPS) is 11.4. The number of aromatic nitrogens is 2. The highest BCUT2D eigenvalue weighted by Crippen LogP contribution is 2.19. The van der Waals surface area contributed by atoms with Crippen LogP contribution in [0, 0.1) is 0 Å². The Bertz CT molecular complexity index is 330. The first-order chi connectivity index (χ1) is 6.38. The molecule has 0 atom stereocenters. The quantitative estimate of drug-likeness (QED) is 0.767. The Kier molecular flexibility index (Phi) is 3.28. The Morgan fingerprint density at radius 3 is 2.86 bits per heavy atom. The van der Waals surface area contributed by atoms with Gasteiger partial charge < -0.3 is 10.4 Å². The van der Waals surface area contributed by atoms with Gasteiger partial charge in [-0.25, -0.2) is 0 Å². The maximum Gasteiger partial charge on any atom is 0.227 e. The number of hydrogen-bond donors (Lipinski definition) is 3. The molecule has 0 spiro atoms. The molecule has 1 aromatic heterocycles. The van der Waals surface area contributed by atoms with E-state index < -0.39 is 5.60 Å². The zero-order valence-corrected chi connectivity index (χ0v) is 9.55. The van der Waals surface area contributed by atoms with Crippen molar-refractivity contribution in [3.8, 4) is 0 Å². The zero-order chi connectivity index (χ0) is 10.8. The van der Waals surface area contributed by atoms with E-state index >= 15 is 0 Å². The Morgan fingerprint density at radius 2 is 2.43 bits per heavy atom. The number of amides is 1. The van der Waals surface area contributed by atoms with Crippen molar-refractivity contribution in [1.82, 2.24) is 10.2 Å². The minimum Gasteiger partial charge on any atom is -0.390 e. The van der Waals surface area contributed by atoms with Gasteiger partial charge in [0.1, 0.15) is 4.60 Å².